The van der Waals surface area contributed by atoms with Gasteiger partial charge in [-0.2, -0.15) is 0 Å². The van der Waals surface area contributed by atoms with Crippen LogP contribution in [0.4, 0.5) is 0 Å². The van der Waals surface area contributed by atoms with E-state index in [9.17, 15) is 4.79 Å². The molecule has 112 valence electrons. The average Bonchev–Trinajstić information content (AvgIpc) is 2.51. The second-order valence-corrected chi connectivity index (χ2v) is 6.55. The Morgan fingerprint density at radius 1 is 1.09 bits per heavy atom. The summed E-state index contributed by atoms with van der Waals surface area (Å²) in [5, 5.41) is 1.82. The van der Waals surface area contributed by atoms with E-state index in [2.05, 4.69) is 4.98 Å². The molecule has 1 heterocycles. The van der Waals surface area contributed by atoms with E-state index in [1.165, 1.54) is 11.8 Å². The number of para-hydroxylation sites is 1. The third-order valence-electron chi connectivity index (χ3n) is 3.34. The van der Waals surface area contributed by atoms with Crippen molar-refractivity contribution < 1.29 is 0 Å². The third-order valence-corrected chi connectivity index (χ3v) is 5.33. The predicted molar refractivity (Wildman–Crippen MR) is 93.0 cm³/mol. The molecule has 3 rings (SSSR count). The van der Waals surface area contributed by atoms with Gasteiger partial charge in [-0.3, -0.25) is 9.36 Å². The number of rotatable bonds is 3. The molecule has 0 aliphatic rings. The van der Waals surface area contributed by atoms with E-state index in [0.717, 1.165) is 4.90 Å². The molecule has 0 aliphatic carbocycles. The average molecular weight is 351 g/mol. The fourth-order valence-corrected chi connectivity index (χ4v) is 3.82. The molecule has 0 aliphatic heterocycles. The van der Waals surface area contributed by atoms with Crippen LogP contribution in [-0.2, 0) is 12.8 Å². The number of fused-ring (bicyclic) bond motifs is 1. The Bertz CT molecular complexity index is 888. The van der Waals surface area contributed by atoms with Crippen molar-refractivity contribution in [3.8, 4) is 0 Å². The molecule has 2 aromatic carbocycles. The van der Waals surface area contributed by atoms with Gasteiger partial charge in [0.1, 0.15) is 5.82 Å². The van der Waals surface area contributed by atoms with Gasteiger partial charge in [0, 0.05) is 11.9 Å². The Hall–Kier alpha value is -1.49. The lowest BCUT2D eigenvalue weighted by Gasteiger charge is -2.10. The van der Waals surface area contributed by atoms with Gasteiger partial charge in [0.15, 0.2) is 0 Å². The molecule has 0 fully saturated rings. The predicted octanol–water partition coefficient (Wildman–Crippen LogP) is 4.53. The van der Waals surface area contributed by atoms with Crippen LogP contribution in [0.5, 0.6) is 0 Å². The van der Waals surface area contributed by atoms with Crippen molar-refractivity contribution in [2.75, 3.05) is 0 Å². The van der Waals surface area contributed by atoms with Gasteiger partial charge >= 0.3 is 0 Å². The molecule has 0 spiro atoms. The van der Waals surface area contributed by atoms with Crippen molar-refractivity contribution in [2.24, 2.45) is 7.05 Å². The number of halogens is 2. The summed E-state index contributed by atoms with van der Waals surface area (Å²) < 4.78 is 1.57. The lowest BCUT2D eigenvalue weighted by atomic mass is 10.2. The summed E-state index contributed by atoms with van der Waals surface area (Å²) in [6.45, 7) is 0. The minimum absolute atomic E-state index is 0.0496. The first-order valence-electron chi connectivity index (χ1n) is 6.59. The Balaban J connectivity index is 1.98. The van der Waals surface area contributed by atoms with Crippen molar-refractivity contribution >= 4 is 45.9 Å². The molecule has 0 N–H and O–H groups in total. The van der Waals surface area contributed by atoms with Crippen LogP contribution in [0.3, 0.4) is 0 Å². The van der Waals surface area contributed by atoms with Crippen molar-refractivity contribution in [3.63, 3.8) is 0 Å². The van der Waals surface area contributed by atoms with Crippen molar-refractivity contribution in [3.05, 3.63) is 68.7 Å². The molecule has 3 nitrogen and oxygen atoms in total. The van der Waals surface area contributed by atoms with Crippen molar-refractivity contribution in [2.45, 2.75) is 10.6 Å². The molecule has 0 amide bonds. The quantitative estimate of drug-likeness (QED) is 0.650. The summed E-state index contributed by atoms with van der Waals surface area (Å²) >= 11 is 13.8. The van der Waals surface area contributed by atoms with Crippen LogP contribution in [0, 0.1) is 0 Å². The molecule has 3 aromatic rings. The van der Waals surface area contributed by atoms with E-state index in [4.69, 9.17) is 23.2 Å². The lowest BCUT2D eigenvalue weighted by Crippen LogP contribution is -2.21. The molecule has 0 radical (unpaired) electrons. The van der Waals surface area contributed by atoms with E-state index < -0.39 is 0 Å². The van der Waals surface area contributed by atoms with Gasteiger partial charge in [-0.25, -0.2) is 4.98 Å². The van der Waals surface area contributed by atoms with Gasteiger partial charge in [0.25, 0.3) is 5.56 Å². The lowest BCUT2D eigenvalue weighted by molar-refractivity contribution is 0.785. The van der Waals surface area contributed by atoms with E-state index in [-0.39, 0.29) is 5.56 Å². The molecule has 0 unspecified atom stereocenters. The van der Waals surface area contributed by atoms with Gasteiger partial charge < -0.3 is 0 Å². The van der Waals surface area contributed by atoms with Crippen LogP contribution in [-0.4, -0.2) is 9.55 Å². The van der Waals surface area contributed by atoms with Crippen molar-refractivity contribution in [1.29, 1.82) is 0 Å². The van der Waals surface area contributed by atoms with E-state index in [1.807, 2.05) is 18.2 Å². The van der Waals surface area contributed by atoms with E-state index in [1.54, 1.807) is 35.9 Å². The first-order chi connectivity index (χ1) is 10.6. The number of thioether (sulfide) groups is 1. The minimum atomic E-state index is -0.0496. The first-order valence-corrected chi connectivity index (χ1v) is 8.33. The van der Waals surface area contributed by atoms with Crippen LogP contribution < -0.4 is 5.56 Å². The molecule has 22 heavy (non-hydrogen) atoms. The highest BCUT2D eigenvalue weighted by molar-refractivity contribution is 7.98. The zero-order chi connectivity index (χ0) is 15.7. The van der Waals surface area contributed by atoms with Gasteiger partial charge in [-0.05, 0) is 24.3 Å². The van der Waals surface area contributed by atoms with E-state index in [0.29, 0.717) is 32.5 Å². The summed E-state index contributed by atoms with van der Waals surface area (Å²) in [5.41, 5.74) is 0.651. The smallest absolute Gasteiger partial charge is 0.261 e. The summed E-state index contributed by atoms with van der Waals surface area (Å²) in [4.78, 5) is 17.7. The highest BCUT2D eigenvalue weighted by atomic mass is 35.5. The maximum atomic E-state index is 12.4. The summed E-state index contributed by atoms with van der Waals surface area (Å²) in [7, 11) is 1.73. The standard InChI is InChI=1S/C16H12Cl2N2OS/c1-20-14(9-22-15-11(17)6-4-7-12(15)18)19-13-8-3-2-5-10(13)16(20)21/h2-8H,9H2,1H3. The number of benzene rings is 2. The molecule has 1 aromatic heterocycles. The highest BCUT2D eigenvalue weighted by Gasteiger charge is 2.11. The van der Waals surface area contributed by atoms with Crippen LogP contribution in [0.15, 0.2) is 52.2 Å². The molecule has 0 saturated heterocycles. The van der Waals surface area contributed by atoms with Gasteiger partial charge in [0.2, 0.25) is 0 Å². The second-order valence-electron chi connectivity index (χ2n) is 4.75. The molecule has 0 saturated carbocycles. The minimum Gasteiger partial charge on any atom is -0.299 e. The SMILES string of the molecule is Cn1c(CSc2c(Cl)cccc2Cl)nc2ccccc2c1=O. The third kappa shape index (κ3) is 2.86. The van der Waals surface area contributed by atoms with Crippen molar-refractivity contribution in [1.82, 2.24) is 9.55 Å². The van der Waals surface area contributed by atoms with E-state index >= 15 is 0 Å². The monoisotopic (exact) mass is 350 g/mol. The number of aromatic nitrogens is 2. The number of hydrogen-bond acceptors (Lipinski definition) is 3. The van der Waals surface area contributed by atoms with Crippen LogP contribution in [0.1, 0.15) is 5.82 Å². The largest absolute Gasteiger partial charge is 0.299 e. The normalized spacial score (nSPS) is 11.0. The number of nitrogens with zero attached hydrogens (tertiary/aromatic N) is 2. The Morgan fingerprint density at radius 2 is 1.77 bits per heavy atom. The Labute approximate surface area is 141 Å². The maximum Gasteiger partial charge on any atom is 0.261 e. The Kier molecular flexibility index (Phi) is 4.43. The molecule has 6 heteroatoms. The van der Waals surface area contributed by atoms with Crippen LogP contribution in [0.25, 0.3) is 10.9 Å². The molecule has 0 bridgehead atoms. The van der Waals surface area contributed by atoms with Gasteiger partial charge in [0.05, 0.1) is 26.7 Å². The topological polar surface area (TPSA) is 34.9 Å². The molecular weight excluding hydrogens is 339 g/mol. The summed E-state index contributed by atoms with van der Waals surface area (Å²) in [6, 6.07) is 12.7. The summed E-state index contributed by atoms with van der Waals surface area (Å²) in [6.07, 6.45) is 0. The van der Waals surface area contributed by atoms with Crippen LogP contribution >= 0.6 is 35.0 Å². The first kappa shape index (κ1) is 15.4. The number of hydrogen-bond donors (Lipinski definition) is 0. The fraction of sp³-hybridized carbons (Fsp3) is 0.125. The fourth-order valence-electron chi connectivity index (χ4n) is 2.15. The second kappa shape index (κ2) is 6.32. The summed E-state index contributed by atoms with van der Waals surface area (Å²) in [5.74, 6) is 1.20. The van der Waals surface area contributed by atoms with Gasteiger partial charge in [-0.15, -0.1) is 11.8 Å². The Morgan fingerprint density at radius 3 is 2.50 bits per heavy atom. The van der Waals surface area contributed by atoms with Crippen LogP contribution in [0.2, 0.25) is 10.0 Å². The molecule has 0 atom stereocenters. The maximum absolute atomic E-state index is 12.4. The zero-order valence-corrected chi connectivity index (χ0v) is 14.0. The molecular formula is C16H12Cl2N2OS. The van der Waals surface area contributed by atoms with Gasteiger partial charge in [-0.1, -0.05) is 41.4 Å². The zero-order valence-electron chi connectivity index (χ0n) is 11.7. The highest BCUT2D eigenvalue weighted by Crippen LogP contribution is 2.35.